The van der Waals surface area contributed by atoms with Crippen LogP contribution in [0.25, 0.3) is 11.0 Å². The van der Waals surface area contributed by atoms with E-state index >= 15 is 0 Å². The van der Waals surface area contributed by atoms with E-state index in [0.29, 0.717) is 46.3 Å². The molecule has 0 bridgehead atoms. The van der Waals surface area contributed by atoms with Gasteiger partial charge in [0.2, 0.25) is 5.88 Å². The van der Waals surface area contributed by atoms with Crippen molar-refractivity contribution >= 4 is 16.8 Å². The minimum absolute atomic E-state index is 0.104. The van der Waals surface area contributed by atoms with Gasteiger partial charge in [-0.3, -0.25) is 4.79 Å². The molecule has 0 N–H and O–H groups in total. The zero-order valence-corrected chi connectivity index (χ0v) is 22.4. The smallest absolute Gasteiger partial charge is 0.214 e. The summed E-state index contributed by atoms with van der Waals surface area (Å²) < 4.78 is 18.7. The third kappa shape index (κ3) is 5.12. The maximum absolute atomic E-state index is 13.7. The molecule has 1 atom stereocenters. The molecule has 4 aromatic rings. The molecule has 0 saturated carbocycles. The van der Waals surface area contributed by atoms with Gasteiger partial charge in [0.15, 0.2) is 5.78 Å². The van der Waals surface area contributed by atoms with E-state index in [2.05, 4.69) is 17.6 Å². The van der Waals surface area contributed by atoms with Gasteiger partial charge < -0.3 is 18.8 Å². The minimum atomic E-state index is -0.160. The lowest BCUT2D eigenvalue weighted by molar-refractivity contribution is 0.103. The average Bonchev–Trinajstić information content (AvgIpc) is 3.21. The quantitative estimate of drug-likeness (QED) is 0.186. The lowest BCUT2D eigenvalue weighted by Gasteiger charge is -2.19. The summed E-state index contributed by atoms with van der Waals surface area (Å²) >= 11 is 0. The maximum atomic E-state index is 13.7. The average molecular weight is 510 g/mol. The third-order valence-electron chi connectivity index (χ3n) is 6.62. The number of ether oxygens (including phenoxy) is 3. The first-order valence-corrected chi connectivity index (χ1v) is 12.4. The van der Waals surface area contributed by atoms with E-state index in [1.165, 1.54) is 0 Å². The number of benzene rings is 2. The van der Waals surface area contributed by atoms with Crippen molar-refractivity contribution in [3.63, 3.8) is 0 Å². The van der Waals surface area contributed by atoms with Gasteiger partial charge in [0.25, 0.3) is 0 Å². The molecule has 0 aliphatic rings. The zero-order chi connectivity index (χ0) is 27.4. The Balaban J connectivity index is 1.77. The van der Waals surface area contributed by atoms with Gasteiger partial charge in [-0.05, 0) is 73.9 Å². The molecule has 0 aliphatic carbocycles. The van der Waals surface area contributed by atoms with Gasteiger partial charge in [-0.25, -0.2) is 0 Å². The fraction of sp³-hybridized carbons (Fsp3) is 0.258. The van der Waals surface area contributed by atoms with Crippen molar-refractivity contribution in [2.45, 2.75) is 39.8 Å². The van der Waals surface area contributed by atoms with Crippen LogP contribution in [0.5, 0.6) is 17.4 Å². The number of carbonyl (C=O) groups is 1. The van der Waals surface area contributed by atoms with E-state index in [-0.39, 0.29) is 11.9 Å². The number of pyridine rings is 1. The fourth-order valence-corrected chi connectivity index (χ4v) is 4.53. The predicted molar refractivity (Wildman–Crippen MR) is 147 cm³/mol. The second kappa shape index (κ2) is 11.2. The number of carbonyl (C=O) groups excluding carboxylic acids is 1. The Labute approximate surface area is 222 Å². The Morgan fingerprint density at radius 1 is 1.11 bits per heavy atom. The standard InChI is InChI=1S/C31H31N3O4/c1-7-26(19(2)3)38-27-14-8-21(16-23(27)17-32)18-34-20(4)29(25-13-15-28(37-6)33-31(25)34)30(35)22-9-11-24(36-5)12-10-22/h8-16,26H,2,7,18H2,1,3-6H3. The van der Waals surface area contributed by atoms with Crippen LogP contribution in [0.4, 0.5) is 0 Å². The SMILES string of the molecule is C=C(C)C(CC)Oc1ccc(Cn2c(C)c(C(=O)c3ccc(OC)cc3)c3ccc(OC)nc32)cc1C#N. The zero-order valence-electron chi connectivity index (χ0n) is 22.4. The van der Waals surface area contributed by atoms with Crippen molar-refractivity contribution in [1.29, 1.82) is 5.26 Å². The highest BCUT2D eigenvalue weighted by Gasteiger charge is 2.23. The number of hydrogen-bond acceptors (Lipinski definition) is 6. The van der Waals surface area contributed by atoms with Crippen LogP contribution >= 0.6 is 0 Å². The van der Waals surface area contributed by atoms with Crippen LogP contribution in [0.1, 0.15) is 53.0 Å². The van der Waals surface area contributed by atoms with Crippen molar-refractivity contribution in [2.75, 3.05) is 14.2 Å². The Kier molecular flexibility index (Phi) is 7.82. The maximum Gasteiger partial charge on any atom is 0.214 e. The summed E-state index contributed by atoms with van der Waals surface area (Å²) in [5.74, 6) is 1.55. The van der Waals surface area contributed by atoms with Crippen LogP contribution in [-0.4, -0.2) is 35.7 Å². The molecule has 7 nitrogen and oxygen atoms in total. The van der Waals surface area contributed by atoms with E-state index in [9.17, 15) is 10.1 Å². The number of aromatic nitrogens is 2. The third-order valence-corrected chi connectivity index (χ3v) is 6.62. The van der Waals surface area contributed by atoms with E-state index < -0.39 is 0 Å². The summed E-state index contributed by atoms with van der Waals surface area (Å²) in [7, 11) is 3.15. The lowest BCUT2D eigenvalue weighted by Crippen LogP contribution is -2.16. The molecule has 2 heterocycles. The number of ketones is 1. The van der Waals surface area contributed by atoms with Gasteiger partial charge in [0, 0.05) is 29.3 Å². The van der Waals surface area contributed by atoms with Crippen LogP contribution in [0, 0.1) is 18.3 Å². The van der Waals surface area contributed by atoms with Crippen LogP contribution in [0.15, 0.2) is 66.7 Å². The largest absolute Gasteiger partial charge is 0.497 e. The van der Waals surface area contributed by atoms with E-state index in [1.54, 1.807) is 44.6 Å². The Morgan fingerprint density at radius 2 is 1.84 bits per heavy atom. The van der Waals surface area contributed by atoms with E-state index in [1.807, 2.05) is 49.6 Å². The highest BCUT2D eigenvalue weighted by atomic mass is 16.5. The first-order chi connectivity index (χ1) is 18.3. The minimum Gasteiger partial charge on any atom is -0.497 e. The summed E-state index contributed by atoms with van der Waals surface area (Å²) in [5, 5.41) is 10.6. The molecule has 4 rings (SSSR count). The number of methoxy groups -OCH3 is 2. The second-order valence-electron chi connectivity index (χ2n) is 9.13. The number of fused-ring (bicyclic) bond motifs is 1. The van der Waals surface area contributed by atoms with E-state index in [0.717, 1.165) is 28.6 Å². The summed E-state index contributed by atoms with van der Waals surface area (Å²) in [6.07, 6.45) is 0.599. The van der Waals surface area contributed by atoms with Gasteiger partial charge in [-0.15, -0.1) is 0 Å². The summed E-state index contributed by atoms with van der Waals surface area (Å²) in [4.78, 5) is 18.3. The molecule has 0 radical (unpaired) electrons. The molecule has 7 heteroatoms. The van der Waals surface area contributed by atoms with Gasteiger partial charge in [-0.2, -0.15) is 10.2 Å². The first-order valence-electron chi connectivity index (χ1n) is 12.4. The first kappa shape index (κ1) is 26.5. The van der Waals surface area contributed by atoms with Crippen LogP contribution in [-0.2, 0) is 6.54 Å². The van der Waals surface area contributed by atoms with Gasteiger partial charge in [-0.1, -0.05) is 19.6 Å². The molecular weight excluding hydrogens is 478 g/mol. The molecule has 0 aliphatic heterocycles. The Bertz CT molecular complexity index is 1540. The number of nitriles is 1. The normalized spacial score (nSPS) is 11.6. The number of rotatable bonds is 10. The van der Waals surface area contributed by atoms with Gasteiger partial charge >= 0.3 is 0 Å². The highest BCUT2D eigenvalue weighted by molar-refractivity contribution is 6.17. The van der Waals surface area contributed by atoms with Crippen molar-refractivity contribution in [3.05, 3.63) is 94.7 Å². The fourth-order valence-electron chi connectivity index (χ4n) is 4.53. The van der Waals surface area contributed by atoms with Gasteiger partial charge in [0.1, 0.15) is 29.3 Å². The highest BCUT2D eigenvalue weighted by Crippen LogP contribution is 2.31. The number of nitrogens with zero attached hydrogens (tertiary/aromatic N) is 3. The van der Waals surface area contributed by atoms with Crippen molar-refractivity contribution in [3.8, 4) is 23.4 Å². The monoisotopic (exact) mass is 509 g/mol. The second-order valence-corrected chi connectivity index (χ2v) is 9.13. The van der Waals surface area contributed by atoms with Crippen LogP contribution < -0.4 is 14.2 Å². The van der Waals surface area contributed by atoms with Gasteiger partial charge in [0.05, 0.1) is 25.3 Å². The molecule has 0 spiro atoms. The molecule has 0 fully saturated rings. The molecule has 2 aromatic heterocycles. The Hall–Kier alpha value is -4.57. The molecule has 38 heavy (non-hydrogen) atoms. The lowest BCUT2D eigenvalue weighted by atomic mass is 10.0. The number of hydrogen-bond donors (Lipinski definition) is 0. The van der Waals surface area contributed by atoms with Crippen molar-refractivity contribution < 1.29 is 19.0 Å². The summed E-state index contributed by atoms with van der Waals surface area (Å²) in [6, 6.07) is 18.5. The van der Waals surface area contributed by atoms with Crippen LogP contribution in [0.2, 0.25) is 0 Å². The van der Waals surface area contributed by atoms with Crippen molar-refractivity contribution in [2.24, 2.45) is 0 Å². The molecular formula is C31H31N3O4. The topological polar surface area (TPSA) is 86.4 Å². The van der Waals surface area contributed by atoms with Crippen molar-refractivity contribution in [1.82, 2.24) is 9.55 Å². The summed E-state index contributed by atoms with van der Waals surface area (Å²) in [5.41, 5.74) is 4.76. The molecule has 0 amide bonds. The predicted octanol–water partition coefficient (Wildman–Crippen LogP) is 6.25. The molecule has 0 saturated heterocycles. The molecule has 194 valence electrons. The van der Waals surface area contributed by atoms with Crippen LogP contribution in [0.3, 0.4) is 0 Å². The Morgan fingerprint density at radius 3 is 2.45 bits per heavy atom. The van der Waals surface area contributed by atoms with E-state index in [4.69, 9.17) is 14.2 Å². The molecule has 2 aromatic carbocycles. The summed E-state index contributed by atoms with van der Waals surface area (Å²) in [6.45, 7) is 10.2. The molecule has 1 unspecified atom stereocenters.